The first-order valence-corrected chi connectivity index (χ1v) is 10.5. The van der Waals surface area contributed by atoms with E-state index in [2.05, 4.69) is 10.3 Å². The number of carbonyl (C=O) groups is 1. The minimum absolute atomic E-state index is 0.0867. The lowest BCUT2D eigenvalue weighted by molar-refractivity contribution is -0.113. The SMILES string of the molecule is O=C(CSc1nc2ccccc2c(=O)n1-c1ccc(F)c(Cl)c1)Nc1ccc(F)c(F)c1. The smallest absolute Gasteiger partial charge is 0.266 e. The van der Waals surface area contributed by atoms with Crippen molar-refractivity contribution in [1.82, 2.24) is 9.55 Å². The minimum Gasteiger partial charge on any atom is -0.325 e. The van der Waals surface area contributed by atoms with E-state index in [4.69, 9.17) is 11.6 Å². The first-order chi connectivity index (χ1) is 15.3. The highest BCUT2D eigenvalue weighted by molar-refractivity contribution is 7.99. The number of hydrogen-bond acceptors (Lipinski definition) is 4. The van der Waals surface area contributed by atoms with Crippen LogP contribution < -0.4 is 10.9 Å². The van der Waals surface area contributed by atoms with Crippen LogP contribution in [0.5, 0.6) is 0 Å². The standard InChI is InChI=1S/C22H13ClF3N3O2S/c23-15-10-13(6-8-16(15)24)29-21(31)14-3-1-2-4-19(14)28-22(29)32-11-20(30)27-12-5-7-17(25)18(26)9-12/h1-10H,11H2,(H,27,30). The maximum absolute atomic E-state index is 13.6. The van der Waals surface area contributed by atoms with E-state index in [-0.39, 0.29) is 27.3 Å². The molecule has 0 aliphatic rings. The molecule has 4 rings (SSSR count). The molecular formula is C22H13ClF3N3O2S. The van der Waals surface area contributed by atoms with Gasteiger partial charge >= 0.3 is 0 Å². The largest absolute Gasteiger partial charge is 0.325 e. The number of aromatic nitrogens is 2. The van der Waals surface area contributed by atoms with Crippen molar-refractivity contribution in [3.63, 3.8) is 0 Å². The Morgan fingerprint density at radius 3 is 2.50 bits per heavy atom. The van der Waals surface area contributed by atoms with Gasteiger partial charge in [0.05, 0.1) is 27.4 Å². The summed E-state index contributed by atoms with van der Waals surface area (Å²) in [6, 6.07) is 13.5. The minimum atomic E-state index is -1.09. The van der Waals surface area contributed by atoms with Gasteiger partial charge < -0.3 is 5.32 Å². The number of fused-ring (bicyclic) bond motifs is 1. The Balaban J connectivity index is 1.67. The van der Waals surface area contributed by atoms with Gasteiger partial charge in [-0.2, -0.15) is 0 Å². The molecule has 0 saturated heterocycles. The van der Waals surface area contributed by atoms with Crippen molar-refractivity contribution < 1.29 is 18.0 Å². The number of thioether (sulfide) groups is 1. The molecule has 1 aromatic heterocycles. The predicted molar refractivity (Wildman–Crippen MR) is 118 cm³/mol. The zero-order chi connectivity index (χ0) is 22.8. The molecule has 1 amide bonds. The average molecular weight is 476 g/mol. The first kappa shape index (κ1) is 21.9. The molecule has 0 radical (unpaired) electrons. The number of amides is 1. The number of rotatable bonds is 5. The normalized spacial score (nSPS) is 11.0. The molecule has 162 valence electrons. The summed E-state index contributed by atoms with van der Waals surface area (Å²) in [5.74, 6) is -3.46. The van der Waals surface area contributed by atoms with Gasteiger partial charge in [-0.15, -0.1) is 0 Å². The Morgan fingerprint density at radius 2 is 1.75 bits per heavy atom. The van der Waals surface area contributed by atoms with Gasteiger partial charge in [-0.25, -0.2) is 18.2 Å². The molecule has 1 heterocycles. The summed E-state index contributed by atoms with van der Waals surface area (Å²) in [6.07, 6.45) is 0. The van der Waals surface area contributed by atoms with Gasteiger partial charge in [0.2, 0.25) is 5.91 Å². The molecule has 10 heteroatoms. The van der Waals surface area contributed by atoms with Gasteiger partial charge in [0.1, 0.15) is 5.82 Å². The highest BCUT2D eigenvalue weighted by atomic mass is 35.5. The van der Waals surface area contributed by atoms with Crippen molar-refractivity contribution >= 4 is 45.9 Å². The summed E-state index contributed by atoms with van der Waals surface area (Å²) in [5.41, 5.74) is 0.374. The third-order valence-corrected chi connectivity index (χ3v) is 5.67. The van der Waals surface area contributed by atoms with Crippen LogP contribution in [0.1, 0.15) is 0 Å². The number of benzene rings is 3. The van der Waals surface area contributed by atoms with Crippen LogP contribution in [-0.4, -0.2) is 21.2 Å². The number of nitrogens with zero attached hydrogens (tertiary/aromatic N) is 2. The molecule has 0 bridgehead atoms. The zero-order valence-corrected chi connectivity index (χ0v) is 17.7. The fraction of sp³-hybridized carbons (Fsp3) is 0.0455. The Labute approximate surface area is 188 Å². The van der Waals surface area contributed by atoms with Crippen LogP contribution in [0.3, 0.4) is 0 Å². The number of anilines is 1. The van der Waals surface area contributed by atoms with Crippen LogP contribution in [0.15, 0.2) is 70.6 Å². The molecule has 0 aliphatic carbocycles. The average Bonchev–Trinajstić information content (AvgIpc) is 2.77. The van der Waals surface area contributed by atoms with Gasteiger partial charge in [-0.1, -0.05) is 35.5 Å². The molecule has 1 N–H and O–H groups in total. The van der Waals surface area contributed by atoms with Crippen LogP contribution in [0, 0.1) is 17.5 Å². The molecule has 32 heavy (non-hydrogen) atoms. The van der Waals surface area contributed by atoms with E-state index in [0.29, 0.717) is 10.9 Å². The second-order valence-electron chi connectivity index (χ2n) is 6.62. The summed E-state index contributed by atoms with van der Waals surface area (Å²) >= 11 is 6.84. The van der Waals surface area contributed by atoms with Crippen molar-refractivity contribution in [3.8, 4) is 5.69 Å². The molecule has 0 unspecified atom stereocenters. The second kappa shape index (κ2) is 9.05. The van der Waals surface area contributed by atoms with Crippen LogP contribution in [-0.2, 0) is 4.79 Å². The van der Waals surface area contributed by atoms with Crippen molar-refractivity contribution in [1.29, 1.82) is 0 Å². The lowest BCUT2D eigenvalue weighted by Crippen LogP contribution is -2.23. The van der Waals surface area contributed by atoms with Gasteiger partial charge in [-0.05, 0) is 42.5 Å². The Kier molecular flexibility index (Phi) is 6.20. The molecule has 3 aromatic carbocycles. The third-order valence-electron chi connectivity index (χ3n) is 4.44. The summed E-state index contributed by atoms with van der Waals surface area (Å²) in [5, 5.41) is 2.80. The van der Waals surface area contributed by atoms with Crippen LogP contribution in [0.2, 0.25) is 5.02 Å². The van der Waals surface area contributed by atoms with E-state index in [0.717, 1.165) is 30.0 Å². The first-order valence-electron chi connectivity index (χ1n) is 9.18. The van der Waals surface area contributed by atoms with Crippen molar-refractivity contribution in [3.05, 3.63) is 93.5 Å². The van der Waals surface area contributed by atoms with Crippen LogP contribution in [0.4, 0.5) is 18.9 Å². The van der Waals surface area contributed by atoms with Gasteiger partial charge in [0.15, 0.2) is 16.8 Å². The highest BCUT2D eigenvalue weighted by Crippen LogP contribution is 2.24. The fourth-order valence-electron chi connectivity index (χ4n) is 2.96. The van der Waals surface area contributed by atoms with Crippen LogP contribution >= 0.6 is 23.4 Å². The van der Waals surface area contributed by atoms with E-state index in [1.807, 2.05) is 0 Å². The molecule has 0 atom stereocenters. The molecule has 0 aliphatic heterocycles. The zero-order valence-electron chi connectivity index (χ0n) is 16.1. The quantitative estimate of drug-likeness (QED) is 0.319. The van der Waals surface area contributed by atoms with Crippen LogP contribution in [0.25, 0.3) is 16.6 Å². The van der Waals surface area contributed by atoms with Gasteiger partial charge in [0, 0.05) is 11.8 Å². The molecule has 0 saturated carbocycles. The lowest BCUT2D eigenvalue weighted by Gasteiger charge is -2.14. The van der Waals surface area contributed by atoms with Gasteiger partial charge in [-0.3, -0.25) is 14.2 Å². The molecule has 0 fully saturated rings. The Hall–Kier alpha value is -3.30. The van der Waals surface area contributed by atoms with E-state index >= 15 is 0 Å². The molecule has 0 spiro atoms. The summed E-state index contributed by atoms with van der Waals surface area (Å²) < 4.78 is 41.3. The molecule has 4 aromatic rings. The Bertz CT molecular complexity index is 1410. The van der Waals surface area contributed by atoms with E-state index in [1.54, 1.807) is 24.3 Å². The Morgan fingerprint density at radius 1 is 1.00 bits per heavy atom. The third kappa shape index (κ3) is 4.49. The monoisotopic (exact) mass is 475 g/mol. The number of hydrogen-bond donors (Lipinski definition) is 1. The highest BCUT2D eigenvalue weighted by Gasteiger charge is 2.16. The summed E-state index contributed by atoms with van der Waals surface area (Å²) in [6.45, 7) is 0. The van der Waals surface area contributed by atoms with Crippen molar-refractivity contribution in [2.24, 2.45) is 0 Å². The van der Waals surface area contributed by atoms with E-state index < -0.39 is 28.9 Å². The van der Waals surface area contributed by atoms with Crippen molar-refractivity contribution in [2.45, 2.75) is 5.16 Å². The summed E-state index contributed by atoms with van der Waals surface area (Å²) in [4.78, 5) is 30.0. The van der Waals surface area contributed by atoms with E-state index in [9.17, 15) is 22.8 Å². The maximum Gasteiger partial charge on any atom is 0.266 e. The van der Waals surface area contributed by atoms with Gasteiger partial charge in [0.25, 0.3) is 5.56 Å². The lowest BCUT2D eigenvalue weighted by atomic mass is 10.2. The molecular weight excluding hydrogens is 463 g/mol. The molecule has 5 nitrogen and oxygen atoms in total. The number of halogens is 4. The number of carbonyl (C=O) groups excluding carboxylic acids is 1. The number of para-hydroxylation sites is 1. The summed E-state index contributed by atoms with van der Waals surface area (Å²) in [7, 11) is 0. The number of nitrogens with one attached hydrogen (secondary N) is 1. The van der Waals surface area contributed by atoms with Crippen molar-refractivity contribution in [2.75, 3.05) is 11.1 Å². The predicted octanol–water partition coefficient (Wildman–Crippen LogP) is 5.19. The topological polar surface area (TPSA) is 64.0 Å². The fourth-order valence-corrected chi connectivity index (χ4v) is 3.95. The second-order valence-corrected chi connectivity index (χ2v) is 7.97. The van der Waals surface area contributed by atoms with E-state index in [1.165, 1.54) is 22.8 Å². The maximum atomic E-state index is 13.6.